The highest BCUT2D eigenvalue weighted by atomic mass is 32.1. The van der Waals surface area contributed by atoms with E-state index in [1.165, 1.54) is 29.2 Å². The maximum Gasteiger partial charge on any atom is 0.273 e. The SMILES string of the molecule is NC(=O)c1nsc(C(=O)N(c2ccc(F)cc2)[C@@H](C(=O)NC[C@H]2CCCO2)c2ccc3ncccc3c2)c1N. The molecule has 39 heavy (non-hydrogen) atoms. The highest BCUT2D eigenvalue weighted by Crippen LogP contribution is 2.34. The number of carbonyl (C=O) groups excluding carboxylic acids is 3. The van der Waals surface area contributed by atoms with E-state index in [0.29, 0.717) is 29.2 Å². The number of nitrogens with one attached hydrogen (secondary N) is 1. The zero-order valence-corrected chi connectivity index (χ0v) is 21.5. The van der Waals surface area contributed by atoms with Crippen molar-refractivity contribution < 1.29 is 23.5 Å². The van der Waals surface area contributed by atoms with Crippen LogP contribution in [0.25, 0.3) is 10.9 Å². The summed E-state index contributed by atoms with van der Waals surface area (Å²) in [7, 11) is 0. The molecule has 0 spiro atoms. The van der Waals surface area contributed by atoms with Gasteiger partial charge in [0.25, 0.3) is 11.8 Å². The van der Waals surface area contributed by atoms with Crippen LogP contribution in [0.1, 0.15) is 44.6 Å². The molecule has 2 aromatic carbocycles. The quantitative estimate of drug-likeness (QED) is 0.306. The predicted octanol–water partition coefficient (Wildman–Crippen LogP) is 3.19. The van der Waals surface area contributed by atoms with Gasteiger partial charge in [-0.05, 0) is 72.4 Å². The Morgan fingerprint density at radius 3 is 2.67 bits per heavy atom. The molecule has 0 unspecified atom stereocenters. The number of nitrogens with two attached hydrogens (primary N) is 2. The van der Waals surface area contributed by atoms with Crippen LogP contribution in [0.15, 0.2) is 60.8 Å². The average Bonchev–Trinajstić information content (AvgIpc) is 3.60. The van der Waals surface area contributed by atoms with Gasteiger partial charge in [0.1, 0.15) is 16.7 Å². The van der Waals surface area contributed by atoms with E-state index in [4.69, 9.17) is 16.2 Å². The number of amides is 3. The van der Waals surface area contributed by atoms with Crippen molar-refractivity contribution in [1.29, 1.82) is 0 Å². The number of aromatic nitrogens is 2. The molecule has 1 aliphatic heterocycles. The second kappa shape index (κ2) is 11.1. The monoisotopic (exact) mass is 548 g/mol. The summed E-state index contributed by atoms with van der Waals surface area (Å²) < 4.78 is 23.5. The number of pyridine rings is 1. The first-order valence-corrected chi connectivity index (χ1v) is 13.0. The van der Waals surface area contributed by atoms with Crippen molar-refractivity contribution in [1.82, 2.24) is 14.7 Å². The number of rotatable bonds is 8. The molecule has 0 radical (unpaired) electrons. The molecule has 12 heteroatoms. The number of carbonyl (C=O) groups is 3. The molecule has 3 heterocycles. The van der Waals surface area contributed by atoms with Gasteiger partial charge in [0.2, 0.25) is 5.91 Å². The summed E-state index contributed by atoms with van der Waals surface area (Å²) in [4.78, 5) is 45.2. The molecule has 2 aromatic heterocycles. The van der Waals surface area contributed by atoms with Crippen molar-refractivity contribution in [2.75, 3.05) is 23.8 Å². The molecule has 3 amide bonds. The van der Waals surface area contributed by atoms with Gasteiger partial charge in [-0.25, -0.2) is 4.39 Å². The van der Waals surface area contributed by atoms with Crippen LogP contribution in [-0.2, 0) is 9.53 Å². The average molecular weight is 549 g/mol. The summed E-state index contributed by atoms with van der Waals surface area (Å²) in [5, 5.41) is 3.67. The molecular weight excluding hydrogens is 523 g/mol. The fourth-order valence-electron chi connectivity index (χ4n) is 4.52. The van der Waals surface area contributed by atoms with Crippen LogP contribution in [0.2, 0.25) is 0 Å². The number of hydrogen-bond donors (Lipinski definition) is 3. The Kier molecular flexibility index (Phi) is 7.48. The van der Waals surface area contributed by atoms with Gasteiger partial charge < -0.3 is 21.5 Å². The van der Waals surface area contributed by atoms with E-state index in [-0.39, 0.29) is 34.6 Å². The third-order valence-corrected chi connectivity index (χ3v) is 7.31. The molecule has 0 saturated carbocycles. The lowest BCUT2D eigenvalue weighted by molar-refractivity contribution is -0.123. The number of primary amides is 1. The van der Waals surface area contributed by atoms with E-state index in [9.17, 15) is 18.8 Å². The van der Waals surface area contributed by atoms with E-state index in [1.54, 1.807) is 30.5 Å². The molecule has 0 aliphatic carbocycles. The van der Waals surface area contributed by atoms with Gasteiger partial charge in [-0.15, -0.1) is 0 Å². The third-order valence-electron chi connectivity index (χ3n) is 6.46. The first-order chi connectivity index (χ1) is 18.8. The minimum atomic E-state index is -1.20. The Bertz CT molecular complexity index is 1540. The summed E-state index contributed by atoms with van der Waals surface area (Å²) in [6.45, 7) is 0.874. The lowest BCUT2D eigenvalue weighted by Crippen LogP contribution is -2.45. The molecule has 2 atom stereocenters. The van der Waals surface area contributed by atoms with Crippen LogP contribution in [0.5, 0.6) is 0 Å². The summed E-state index contributed by atoms with van der Waals surface area (Å²) in [6.07, 6.45) is 3.22. The maximum absolute atomic E-state index is 14.1. The molecule has 0 bridgehead atoms. The number of hydrogen-bond acceptors (Lipinski definition) is 8. The number of anilines is 2. The second-order valence-electron chi connectivity index (χ2n) is 9.03. The number of ether oxygens (including phenoxy) is 1. The van der Waals surface area contributed by atoms with Gasteiger partial charge in [-0.3, -0.25) is 24.3 Å². The number of benzene rings is 2. The minimum absolute atomic E-state index is 0.0764. The van der Waals surface area contributed by atoms with Crippen molar-refractivity contribution in [3.05, 3.63) is 82.7 Å². The highest BCUT2D eigenvalue weighted by Gasteiger charge is 2.36. The Morgan fingerprint density at radius 1 is 1.18 bits per heavy atom. The Balaban J connectivity index is 1.63. The molecule has 5 N–H and O–H groups in total. The summed E-state index contributed by atoms with van der Waals surface area (Å²) in [6, 6.07) is 12.8. The summed E-state index contributed by atoms with van der Waals surface area (Å²) in [5.74, 6) is -2.59. The minimum Gasteiger partial charge on any atom is -0.395 e. The van der Waals surface area contributed by atoms with Crippen molar-refractivity contribution >= 4 is 51.5 Å². The van der Waals surface area contributed by atoms with Gasteiger partial charge in [0.15, 0.2) is 5.69 Å². The molecular formula is C27H25FN6O4S. The number of nitrogen functional groups attached to an aromatic ring is 1. The zero-order valence-electron chi connectivity index (χ0n) is 20.7. The van der Waals surface area contributed by atoms with Gasteiger partial charge in [-0.1, -0.05) is 12.1 Å². The van der Waals surface area contributed by atoms with Crippen LogP contribution in [0.4, 0.5) is 15.8 Å². The number of fused-ring (bicyclic) bond motifs is 1. The maximum atomic E-state index is 14.1. The smallest absolute Gasteiger partial charge is 0.273 e. The van der Waals surface area contributed by atoms with Crippen LogP contribution >= 0.6 is 11.5 Å². The highest BCUT2D eigenvalue weighted by molar-refractivity contribution is 7.09. The van der Waals surface area contributed by atoms with Gasteiger partial charge in [0, 0.05) is 30.4 Å². The van der Waals surface area contributed by atoms with Crippen LogP contribution in [0.3, 0.4) is 0 Å². The van der Waals surface area contributed by atoms with Crippen LogP contribution in [-0.4, -0.2) is 46.3 Å². The topological polar surface area (TPSA) is 154 Å². The first kappa shape index (κ1) is 26.2. The van der Waals surface area contributed by atoms with E-state index in [1.807, 2.05) is 6.07 Å². The molecule has 10 nitrogen and oxygen atoms in total. The van der Waals surface area contributed by atoms with E-state index in [0.717, 1.165) is 18.2 Å². The summed E-state index contributed by atoms with van der Waals surface area (Å²) in [5.41, 5.74) is 12.4. The lowest BCUT2D eigenvalue weighted by Gasteiger charge is -2.31. The van der Waals surface area contributed by atoms with E-state index >= 15 is 0 Å². The fourth-order valence-corrected chi connectivity index (χ4v) is 5.26. The van der Waals surface area contributed by atoms with Crippen molar-refractivity contribution in [2.45, 2.75) is 25.0 Å². The second-order valence-corrected chi connectivity index (χ2v) is 9.80. The van der Waals surface area contributed by atoms with E-state index in [2.05, 4.69) is 14.7 Å². The zero-order chi connectivity index (χ0) is 27.5. The molecule has 4 aromatic rings. The van der Waals surface area contributed by atoms with Gasteiger partial charge in [-0.2, -0.15) is 4.37 Å². The van der Waals surface area contributed by atoms with Gasteiger partial charge >= 0.3 is 0 Å². The molecule has 1 fully saturated rings. The largest absolute Gasteiger partial charge is 0.395 e. The molecule has 1 aliphatic rings. The standard InChI is InChI=1S/C27H25FN6O4S/c28-17-6-8-18(9-7-17)34(27(37)24-21(29)22(25(30)35)33-39-24)23(26(36)32-14-19-4-2-12-38-19)16-5-10-20-15(13-16)3-1-11-31-20/h1,3,5-11,13,19,23H,2,4,12,14,29H2,(H2,30,35)(H,32,36)/t19-,23-/m1/s1. The van der Waals surface area contributed by atoms with Crippen molar-refractivity contribution in [3.63, 3.8) is 0 Å². The van der Waals surface area contributed by atoms with Gasteiger partial charge in [0.05, 0.1) is 17.3 Å². The fraction of sp³-hybridized carbons (Fsp3) is 0.222. The predicted molar refractivity (Wildman–Crippen MR) is 145 cm³/mol. The molecule has 1 saturated heterocycles. The number of nitrogens with zero attached hydrogens (tertiary/aromatic N) is 3. The Hall–Kier alpha value is -4.42. The van der Waals surface area contributed by atoms with Crippen LogP contribution in [0, 0.1) is 5.82 Å². The number of halogens is 1. The lowest BCUT2D eigenvalue weighted by atomic mass is 10.00. The molecule has 200 valence electrons. The molecule has 5 rings (SSSR count). The van der Waals surface area contributed by atoms with E-state index < -0.39 is 29.6 Å². The first-order valence-electron chi connectivity index (χ1n) is 12.2. The normalized spacial score (nSPS) is 15.7. The van der Waals surface area contributed by atoms with Crippen LogP contribution < -0.4 is 21.7 Å². The van der Waals surface area contributed by atoms with Crippen molar-refractivity contribution in [2.24, 2.45) is 5.73 Å². The Morgan fingerprint density at radius 2 is 1.97 bits per heavy atom. The Labute approximate surface area is 226 Å². The third kappa shape index (κ3) is 5.42. The van der Waals surface area contributed by atoms with Crippen molar-refractivity contribution in [3.8, 4) is 0 Å². The summed E-state index contributed by atoms with van der Waals surface area (Å²) >= 11 is 0.697.